The molecule has 0 unspecified atom stereocenters. The molecule has 1 aromatic heterocycles. The summed E-state index contributed by atoms with van der Waals surface area (Å²) < 4.78 is 38.0. The van der Waals surface area contributed by atoms with Crippen molar-refractivity contribution in [3.63, 3.8) is 0 Å². The molecule has 1 spiro atoms. The predicted octanol–water partition coefficient (Wildman–Crippen LogP) is 14.6. The van der Waals surface area contributed by atoms with Crippen LogP contribution in [0.5, 0.6) is 0 Å². The van der Waals surface area contributed by atoms with Crippen LogP contribution in [0.4, 0.5) is 0 Å². The third-order valence-corrected chi connectivity index (χ3v) is 13.0. The maximum absolute atomic E-state index is 9.59. The molecule has 2 aliphatic carbocycles. The molecule has 0 aliphatic heterocycles. The van der Waals surface area contributed by atoms with Gasteiger partial charge in [0.05, 0.1) is 10.9 Å². The summed E-state index contributed by atoms with van der Waals surface area (Å²) in [7, 11) is 0. The van der Waals surface area contributed by atoms with Gasteiger partial charge in [-0.15, -0.1) is 11.3 Å². The van der Waals surface area contributed by atoms with E-state index in [9.17, 15) is 2.74 Å². The number of benzene rings is 9. The molecule has 0 saturated carbocycles. The van der Waals surface area contributed by atoms with E-state index < -0.39 is 5.41 Å². The van der Waals surface area contributed by atoms with E-state index in [-0.39, 0.29) is 24.2 Å². The standard InChI is InChI=1S/C53H32S/c1-2-16-33(17-3-1)49-38-21-4-6-23-40(38)50(41-24-7-5-22-39(41)49)51-42-25-11-15-29-48(42)54-52(51)34-30-31-47-43(32-34)37-20-10-14-28-46(37)53(47)44-26-12-8-18-35(44)36-19-9-13-27-45(36)53/h1-32H/i4D,6D,21D,23D. The van der Waals surface area contributed by atoms with E-state index in [0.29, 0.717) is 10.8 Å². The maximum atomic E-state index is 9.59. The molecule has 0 fully saturated rings. The van der Waals surface area contributed by atoms with Gasteiger partial charge in [-0.05, 0) is 100 Å². The number of fused-ring (bicyclic) bond motifs is 13. The second kappa shape index (κ2) is 11.2. The Balaban J connectivity index is 1.20. The molecule has 0 radical (unpaired) electrons. The molecule has 0 N–H and O–H groups in total. The fourth-order valence-electron chi connectivity index (χ4n) is 9.78. The Kier molecular flexibility index (Phi) is 5.46. The highest BCUT2D eigenvalue weighted by atomic mass is 32.1. The van der Waals surface area contributed by atoms with Gasteiger partial charge in [0, 0.05) is 20.5 Å². The van der Waals surface area contributed by atoms with E-state index in [4.69, 9.17) is 2.74 Å². The lowest BCUT2D eigenvalue weighted by molar-refractivity contribution is 0.794. The van der Waals surface area contributed by atoms with Crippen molar-refractivity contribution in [1.29, 1.82) is 0 Å². The minimum atomic E-state index is -0.441. The normalized spacial score (nSPS) is 14.4. The third-order valence-electron chi connectivity index (χ3n) is 11.8. The van der Waals surface area contributed by atoms with Crippen LogP contribution in [0.15, 0.2) is 194 Å². The van der Waals surface area contributed by atoms with Crippen molar-refractivity contribution < 1.29 is 5.48 Å². The van der Waals surface area contributed by atoms with E-state index in [1.54, 1.807) is 11.3 Å². The molecule has 0 amide bonds. The molecular formula is C53H32S. The molecule has 9 aromatic carbocycles. The van der Waals surface area contributed by atoms with Crippen molar-refractivity contribution >= 4 is 43.0 Å². The highest BCUT2D eigenvalue weighted by Crippen LogP contribution is 2.63. The van der Waals surface area contributed by atoms with Gasteiger partial charge in [-0.2, -0.15) is 0 Å². The first-order valence-corrected chi connectivity index (χ1v) is 19.3. The molecule has 250 valence electrons. The number of hydrogen-bond acceptors (Lipinski definition) is 1. The molecule has 0 nitrogen and oxygen atoms in total. The fraction of sp³-hybridized carbons (Fsp3) is 0.0189. The molecule has 0 atom stereocenters. The summed E-state index contributed by atoms with van der Waals surface area (Å²) >= 11 is 1.74. The Morgan fingerprint density at radius 3 is 1.54 bits per heavy atom. The SMILES string of the molecule is [2H]c1c([2H])c([2H])c2c(-c3c(-c4ccc5c(c4)-c4ccccc4C54c5ccccc5-c5ccccc54)sc4ccccc34)c3ccccc3c(-c3ccccc3)c2c1[2H]. The number of thiophene rings is 1. The van der Waals surface area contributed by atoms with Crippen molar-refractivity contribution in [3.8, 4) is 54.9 Å². The Morgan fingerprint density at radius 2 is 0.870 bits per heavy atom. The molecule has 1 heterocycles. The lowest BCUT2D eigenvalue weighted by Gasteiger charge is -2.30. The van der Waals surface area contributed by atoms with Crippen LogP contribution in [0.25, 0.3) is 86.6 Å². The van der Waals surface area contributed by atoms with Crippen molar-refractivity contribution in [1.82, 2.24) is 0 Å². The summed E-state index contributed by atoms with van der Waals surface area (Å²) in [6, 6.07) is 59.8. The zero-order chi connectivity index (χ0) is 38.9. The van der Waals surface area contributed by atoms with Crippen molar-refractivity contribution in [2.75, 3.05) is 0 Å². The number of hydrogen-bond donors (Lipinski definition) is 0. The summed E-state index contributed by atoms with van der Waals surface area (Å²) in [6.45, 7) is 0. The quantitative estimate of drug-likeness (QED) is 0.161. The molecule has 10 aromatic rings. The summed E-state index contributed by atoms with van der Waals surface area (Å²) in [5.41, 5.74) is 14.4. The summed E-state index contributed by atoms with van der Waals surface area (Å²) in [6.07, 6.45) is 0. The molecular weight excluding hydrogens is 669 g/mol. The fourth-order valence-corrected chi connectivity index (χ4v) is 11.0. The highest BCUT2D eigenvalue weighted by molar-refractivity contribution is 7.23. The molecule has 0 saturated heterocycles. The van der Waals surface area contributed by atoms with Gasteiger partial charge in [-0.25, -0.2) is 0 Å². The topological polar surface area (TPSA) is 0 Å². The minimum absolute atomic E-state index is 0.0282. The smallest absolute Gasteiger partial charge is 0.0725 e. The average molecular weight is 705 g/mol. The summed E-state index contributed by atoms with van der Waals surface area (Å²) in [4.78, 5) is 1.07. The zero-order valence-electron chi connectivity index (χ0n) is 33.1. The van der Waals surface area contributed by atoms with Crippen molar-refractivity contribution in [2.24, 2.45) is 0 Å². The van der Waals surface area contributed by atoms with Gasteiger partial charge in [-0.1, -0.05) is 182 Å². The Bertz CT molecular complexity index is 3350. The lowest BCUT2D eigenvalue weighted by Crippen LogP contribution is -2.25. The molecule has 2 aliphatic rings. The highest BCUT2D eigenvalue weighted by Gasteiger charge is 2.51. The largest absolute Gasteiger partial charge is 0.135 e. The van der Waals surface area contributed by atoms with E-state index >= 15 is 0 Å². The van der Waals surface area contributed by atoms with Crippen molar-refractivity contribution in [3.05, 3.63) is 216 Å². The van der Waals surface area contributed by atoms with Gasteiger partial charge < -0.3 is 0 Å². The van der Waals surface area contributed by atoms with Crippen LogP contribution >= 0.6 is 11.3 Å². The second-order valence-corrected chi connectivity index (χ2v) is 15.4. The van der Waals surface area contributed by atoms with E-state index in [1.165, 1.54) is 44.5 Å². The van der Waals surface area contributed by atoms with Gasteiger partial charge in [0.15, 0.2) is 0 Å². The Morgan fingerprint density at radius 1 is 0.370 bits per heavy atom. The zero-order valence-corrected chi connectivity index (χ0v) is 29.9. The first kappa shape index (κ1) is 26.3. The Labute approximate surface area is 323 Å². The monoisotopic (exact) mass is 704 g/mol. The first-order valence-electron chi connectivity index (χ1n) is 20.4. The number of rotatable bonds is 3. The van der Waals surface area contributed by atoms with Gasteiger partial charge >= 0.3 is 0 Å². The van der Waals surface area contributed by atoms with Gasteiger partial charge in [0.25, 0.3) is 0 Å². The molecule has 12 rings (SSSR count). The average Bonchev–Trinajstić information content (AvgIpc) is 3.91. The van der Waals surface area contributed by atoms with Gasteiger partial charge in [0.2, 0.25) is 0 Å². The summed E-state index contributed by atoms with van der Waals surface area (Å²) in [5, 5.41) is 4.04. The van der Waals surface area contributed by atoms with Crippen LogP contribution in [-0.2, 0) is 5.41 Å². The van der Waals surface area contributed by atoms with E-state index in [0.717, 1.165) is 53.6 Å². The molecule has 0 bridgehead atoms. The Hall–Kier alpha value is -6.54. The lowest BCUT2D eigenvalue weighted by atomic mass is 9.70. The van der Waals surface area contributed by atoms with Crippen LogP contribution in [0, 0.1) is 0 Å². The molecule has 54 heavy (non-hydrogen) atoms. The van der Waals surface area contributed by atoms with Crippen molar-refractivity contribution in [2.45, 2.75) is 5.41 Å². The van der Waals surface area contributed by atoms with Gasteiger partial charge in [-0.3, -0.25) is 0 Å². The van der Waals surface area contributed by atoms with E-state index in [1.807, 2.05) is 42.5 Å². The minimum Gasteiger partial charge on any atom is -0.135 e. The van der Waals surface area contributed by atoms with Crippen LogP contribution in [0.3, 0.4) is 0 Å². The predicted molar refractivity (Wildman–Crippen MR) is 229 cm³/mol. The first-order chi connectivity index (χ1) is 28.5. The van der Waals surface area contributed by atoms with Crippen LogP contribution in [-0.4, -0.2) is 0 Å². The van der Waals surface area contributed by atoms with Gasteiger partial charge in [0.1, 0.15) is 0 Å². The van der Waals surface area contributed by atoms with Crippen LogP contribution in [0.1, 0.15) is 27.7 Å². The molecule has 1 heteroatoms. The third kappa shape index (κ3) is 3.87. The maximum Gasteiger partial charge on any atom is 0.0725 e. The second-order valence-electron chi connectivity index (χ2n) is 14.4. The van der Waals surface area contributed by atoms with E-state index in [2.05, 4.69) is 127 Å². The van der Waals surface area contributed by atoms with Crippen LogP contribution < -0.4 is 0 Å². The summed E-state index contributed by atoms with van der Waals surface area (Å²) in [5.74, 6) is 0. The van der Waals surface area contributed by atoms with Crippen LogP contribution in [0.2, 0.25) is 0 Å².